The molecule has 0 aliphatic heterocycles. The normalized spacial score (nSPS) is 16.8. The molecule has 0 atom stereocenters. The zero-order valence-electron chi connectivity index (χ0n) is 17.2. The van der Waals surface area contributed by atoms with E-state index in [-0.39, 0.29) is 0 Å². The summed E-state index contributed by atoms with van der Waals surface area (Å²) in [6, 6.07) is 1.99. The van der Waals surface area contributed by atoms with E-state index in [0.717, 1.165) is 46.0 Å². The lowest BCUT2D eigenvalue weighted by Crippen LogP contribution is -2.12. The first-order valence-electron chi connectivity index (χ1n) is 9.69. The molecule has 1 aromatic rings. The second kappa shape index (κ2) is 13.1. The van der Waals surface area contributed by atoms with Gasteiger partial charge in [0.1, 0.15) is 0 Å². The van der Waals surface area contributed by atoms with Crippen molar-refractivity contribution in [1.82, 2.24) is 4.98 Å². The van der Waals surface area contributed by atoms with E-state index in [4.69, 9.17) is 11.6 Å². The molecule has 0 bridgehead atoms. The van der Waals surface area contributed by atoms with E-state index in [1.54, 1.807) is 6.20 Å². The Hall–Kier alpha value is -2.13. The van der Waals surface area contributed by atoms with Crippen LogP contribution in [0, 0.1) is 6.92 Å². The van der Waals surface area contributed by atoms with E-state index >= 15 is 0 Å². The molecule has 0 unspecified atom stereocenters. The van der Waals surface area contributed by atoms with Crippen molar-refractivity contribution in [2.75, 3.05) is 11.9 Å². The van der Waals surface area contributed by atoms with Gasteiger partial charge in [-0.05, 0) is 55.2 Å². The van der Waals surface area contributed by atoms with Crippen LogP contribution in [0.2, 0.25) is 0 Å². The Labute approximate surface area is 169 Å². The van der Waals surface area contributed by atoms with Crippen molar-refractivity contribution in [2.24, 2.45) is 4.99 Å². The molecule has 146 valence electrons. The third-order valence-corrected chi connectivity index (χ3v) is 4.07. The van der Waals surface area contributed by atoms with Crippen LogP contribution in [-0.4, -0.2) is 17.2 Å². The van der Waals surface area contributed by atoms with Crippen molar-refractivity contribution in [3.63, 3.8) is 0 Å². The van der Waals surface area contributed by atoms with E-state index in [1.165, 1.54) is 6.42 Å². The van der Waals surface area contributed by atoms with Gasteiger partial charge in [0, 0.05) is 24.0 Å². The molecule has 0 saturated heterocycles. The predicted octanol–water partition coefficient (Wildman–Crippen LogP) is 6.98. The standard InChI is InChI=1S/C20H24ClN3.C3H8/c1-4-6-7-16-11-18(21)17(12-19(16)23-9-5-2)13-24-20-14-22-10-8-15(20)3;1-3-2/h5,7-12,14,24H,4,6,13H2,1-3H3;3H2,1-2H3/b9-5-,16-7+,23-19+;. The van der Waals surface area contributed by atoms with Crippen LogP contribution >= 0.6 is 11.6 Å². The Morgan fingerprint density at radius 2 is 1.96 bits per heavy atom. The molecule has 3 nitrogen and oxygen atoms in total. The maximum atomic E-state index is 6.49. The molecule has 1 aromatic heterocycles. The van der Waals surface area contributed by atoms with Gasteiger partial charge in [0.05, 0.1) is 17.6 Å². The number of pyridine rings is 1. The quantitative estimate of drug-likeness (QED) is 0.573. The highest BCUT2D eigenvalue weighted by molar-refractivity contribution is 6.34. The number of hydrogen-bond donors (Lipinski definition) is 1. The number of allylic oxidation sites excluding steroid dienone is 5. The average molecular weight is 386 g/mol. The summed E-state index contributed by atoms with van der Waals surface area (Å²) in [4.78, 5) is 8.70. The van der Waals surface area contributed by atoms with Gasteiger partial charge in [-0.25, -0.2) is 0 Å². The summed E-state index contributed by atoms with van der Waals surface area (Å²) >= 11 is 6.49. The molecule has 0 radical (unpaired) electrons. The fraction of sp³-hybridized carbons (Fsp3) is 0.391. The van der Waals surface area contributed by atoms with Crippen molar-refractivity contribution < 1.29 is 0 Å². The molecule has 0 fully saturated rings. The highest BCUT2D eigenvalue weighted by Crippen LogP contribution is 2.26. The Morgan fingerprint density at radius 3 is 2.59 bits per heavy atom. The Balaban J connectivity index is 0.00000114. The summed E-state index contributed by atoms with van der Waals surface area (Å²) < 4.78 is 0. The van der Waals surface area contributed by atoms with Crippen molar-refractivity contribution in [1.29, 1.82) is 0 Å². The van der Waals surface area contributed by atoms with Crippen LogP contribution in [0.5, 0.6) is 0 Å². The third kappa shape index (κ3) is 7.96. The van der Waals surface area contributed by atoms with E-state index in [0.29, 0.717) is 6.54 Å². The molecule has 1 aliphatic rings. The van der Waals surface area contributed by atoms with Crippen molar-refractivity contribution in [3.8, 4) is 0 Å². The van der Waals surface area contributed by atoms with Crippen molar-refractivity contribution in [2.45, 2.75) is 53.9 Å². The molecule has 4 heteroatoms. The minimum absolute atomic E-state index is 0.637. The van der Waals surface area contributed by atoms with Gasteiger partial charge in [0.25, 0.3) is 0 Å². The number of unbranched alkanes of at least 4 members (excludes halogenated alkanes) is 1. The predicted molar refractivity (Wildman–Crippen MR) is 121 cm³/mol. The summed E-state index contributed by atoms with van der Waals surface area (Å²) in [7, 11) is 0. The fourth-order valence-corrected chi connectivity index (χ4v) is 2.56. The summed E-state index contributed by atoms with van der Waals surface area (Å²) in [6.07, 6.45) is 17.0. The summed E-state index contributed by atoms with van der Waals surface area (Å²) in [5, 5.41) is 4.15. The van der Waals surface area contributed by atoms with Crippen LogP contribution in [-0.2, 0) is 0 Å². The lowest BCUT2D eigenvalue weighted by Gasteiger charge is -2.17. The van der Waals surface area contributed by atoms with E-state index in [9.17, 15) is 0 Å². The second-order valence-electron chi connectivity index (χ2n) is 6.36. The highest BCUT2D eigenvalue weighted by Gasteiger charge is 2.14. The van der Waals surface area contributed by atoms with Crippen LogP contribution in [0.25, 0.3) is 0 Å². The Bertz CT molecular complexity index is 740. The third-order valence-electron chi connectivity index (χ3n) is 3.72. The minimum Gasteiger partial charge on any atom is -0.379 e. The average Bonchev–Trinajstić information content (AvgIpc) is 2.66. The lowest BCUT2D eigenvalue weighted by molar-refractivity contribution is 0.956. The second-order valence-corrected chi connectivity index (χ2v) is 6.77. The molecule has 0 saturated carbocycles. The lowest BCUT2D eigenvalue weighted by atomic mass is 9.98. The van der Waals surface area contributed by atoms with Gasteiger partial charge in [-0.2, -0.15) is 0 Å². The number of anilines is 1. The molecule has 2 rings (SSSR count). The van der Waals surface area contributed by atoms with Gasteiger partial charge in [-0.1, -0.05) is 57.4 Å². The number of aromatic nitrogens is 1. The first-order valence-corrected chi connectivity index (χ1v) is 10.1. The van der Waals surface area contributed by atoms with Gasteiger partial charge < -0.3 is 5.32 Å². The number of rotatable bonds is 6. The summed E-state index contributed by atoms with van der Waals surface area (Å²) in [5.74, 6) is 0. The highest BCUT2D eigenvalue weighted by atomic mass is 35.5. The number of halogens is 1. The molecule has 0 amide bonds. The largest absolute Gasteiger partial charge is 0.379 e. The van der Waals surface area contributed by atoms with Gasteiger partial charge in [0.2, 0.25) is 0 Å². The Morgan fingerprint density at radius 1 is 1.22 bits per heavy atom. The monoisotopic (exact) mass is 385 g/mol. The molecular weight excluding hydrogens is 354 g/mol. The molecule has 27 heavy (non-hydrogen) atoms. The van der Waals surface area contributed by atoms with E-state index in [1.807, 2.05) is 37.5 Å². The van der Waals surface area contributed by atoms with Crippen LogP contribution < -0.4 is 5.32 Å². The Kier molecular flexibility index (Phi) is 11.1. The van der Waals surface area contributed by atoms with Crippen LogP contribution in [0.1, 0.15) is 52.5 Å². The number of hydrogen-bond acceptors (Lipinski definition) is 3. The molecule has 1 N–H and O–H groups in total. The number of aliphatic imine (C=N–C) groups is 1. The maximum absolute atomic E-state index is 6.49. The van der Waals surface area contributed by atoms with Crippen molar-refractivity contribution in [3.05, 3.63) is 70.7 Å². The number of nitrogens with one attached hydrogen (secondary N) is 1. The van der Waals surface area contributed by atoms with Gasteiger partial charge in [-0.3, -0.25) is 9.98 Å². The fourth-order valence-electron chi connectivity index (χ4n) is 2.33. The van der Waals surface area contributed by atoms with Gasteiger partial charge >= 0.3 is 0 Å². The molecule has 1 aliphatic carbocycles. The smallest absolute Gasteiger partial charge is 0.0703 e. The zero-order valence-corrected chi connectivity index (χ0v) is 18.0. The zero-order chi connectivity index (χ0) is 20.1. The minimum atomic E-state index is 0.637. The number of aryl methyl sites for hydroxylation is 1. The van der Waals surface area contributed by atoms with Crippen LogP contribution in [0.15, 0.2) is 70.1 Å². The summed E-state index contributed by atoms with van der Waals surface area (Å²) in [6.45, 7) is 11.1. The molecular formula is C23H32ClN3. The first kappa shape index (κ1) is 22.9. The first-order chi connectivity index (χ1) is 13.1. The SMILES string of the molecule is CCC.C\C=C/N=C1\C=C(CNc2cnccc2C)C(Cl)=C\C1=C/CCC. The molecule has 0 aromatic carbocycles. The van der Waals surface area contributed by atoms with Gasteiger partial charge in [0.15, 0.2) is 0 Å². The molecule has 1 heterocycles. The molecule has 0 spiro atoms. The van der Waals surface area contributed by atoms with E-state index in [2.05, 4.69) is 55.1 Å². The van der Waals surface area contributed by atoms with Crippen LogP contribution in [0.3, 0.4) is 0 Å². The van der Waals surface area contributed by atoms with Gasteiger partial charge in [-0.15, -0.1) is 0 Å². The number of nitrogens with zero attached hydrogens (tertiary/aromatic N) is 2. The summed E-state index contributed by atoms with van der Waals surface area (Å²) in [5.41, 5.74) is 5.23. The topological polar surface area (TPSA) is 37.3 Å². The van der Waals surface area contributed by atoms with Crippen LogP contribution in [0.4, 0.5) is 5.69 Å². The van der Waals surface area contributed by atoms with E-state index < -0.39 is 0 Å². The maximum Gasteiger partial charge on any atom is 0.0703 e. The van der Waals surface area contributed by atoms with Crippen molar-refractivity contribution >= 4 is 23.0 Å².